The lowest BCUT2D eigenvalue weighted by molar-refractivity contribution is -0.138. The van der Waals surface area contributed by atoms with Crippen molar-refractivity contribution in [2.75, 3.05) is 7.11 Å². The number of carbonyl (C=O) groups excluding carboxylic acids is 1. The molecule has 216 valence electrons. The number of allylic oxidation sites excluding steroid dienone is 1. The lowest BCUT2D eigenvalue weighted by Crippen LogP contribution is -2.48. The van der Waals surface area contributed by atoms with Gasteiger partial charge in [-0.2, -0.15) is 26.3 Å². The highest BCUT2D eigenvalue weighted by Crippen LogP contribution is 2.35. The van der Waals surface area contributed by atoms with Gasteiger partial charge in [0.2, 0.25) is 0 Å². The van der Waals surface area contributed by atoms with Gasteiger partial charge in [-0.15, -0.1) is 0 Å². The summed E-state index contributed by atoms with van der Waals surface area (Å²) in [5.41, 5.74) is -0.562. The first-order valence-corrected chi connectivity index (χ1v) is 12.2. The van der Waals surface area contributed by atoms with Gasteiger partial charge < -0.3 is 15.0 Å². The Morgan fingerprint density at radius 2 is 1.56 bits per heavy atom. The molecule has 4 rings (SSSR count). The van der Waals surface area contributed by atoms with Gasteiger partial charge in [-0.05, 0) is 53.9 Å². The summed E-state index contributed by atoms with van der Waals surface area (Å²) >= 11 is 0. The molecule has 3 aromatic carbocycles. The number of hydrogen-bond donors (Lipinski definition) is 1. The van der Waals surface area contributed by atoms with Crippen LogP contribution in [0, 0.1) is 5.82 Å². The molecule has 0 amide bonds. The molecule has 0 radical (unpaired) electrons. The van der Waals surface area contributed by atoms with E-state index in [0.717, 1.165) is 18.2 Å². The van der Waals surface area contributed by atoms with Crippen LogP contribution >= 0.6 is 0 Å². The van der Waals surface area contributed by atoms with Crippen molar-refractivity contribution in [1.29, 1.82) is 0 Å². The lowest BCUT2D eigenvalue weighted by atomic mass is 9.94. The van der Waals surface area contributed by atoms with Gasteiger partial charge >= 0.3 is 18.3 Å². The maximum absolute atomic E-state index is 13.7. The van der Waals surface area contributed by atoms with Crippen LogP contribution in [0.2, 0.25) is 0 Å². The smallest absolute Gasteiger partial charge is 0.416 e. The zero-order valence-corrected chi connectivity index (χ0v) is 21.8. The maximum Gasteiger partial charge on any atom is 0.416 e. The number of carbonyl (C=O) groups is 1. The predicted molar refractivity (Wildman–Crippen MR) is 137 cm³/mol. The average Bonchev–Trinajstić information content (AvgIpc) is 2.92. The van der Waals surface area contributed by atoms with E-state index < -0.39 is 47.9 Å². The third-order valence-electron chi connectivity index (χ3n) is 6.56. The predicted octanol–water partition coefficient (Wildman–Crippen LogP) is 7.01. The summed E-state index contributed by atoms with van der Waals surface area (Å²) in [4.78, 5) is 18.8. The lowest BCUT2D eigenvalue weighted by Gasteiger charge is -2.38. The fourth-order valence-corrected chi connectivity index (χ4v) is 4.47. The van der Waals surface area contributed by atoms with Crippen molar-refractivity contribution in [3.05, 3.63) is 118 Å². The van der Waals surface area contributed by atoms with Crippen molar-refractivity contribution in [1.82, 2.24) is 10.2 Å². The van der Waals surface area contributed by atoms with Crippen LogP contribution in [-0.2, 0) is 35.0 Å². The van der Waals surface area contributed by atoms with Gasteiger partial charge in [-0.3, -0.25) is 0 Å². The summed E-state index contributed by atoms with van der Waals surface area (Å²) in [5.74, 6) is -1.20. The van der Waals surface area contributed by atoms with Crippen molar-refractivity contribution in [3.63, 3.8) is 0 Å². The molecule has 1 N–H and O–H groups in total. The molecule has 5 nitrogen and oxygen atoms in total. The third-order valence-corrected chi connectivity index (χ3v) is 6.56. The summed E-state index contributed by atoms with van der Waals surface area (Å²) in [7, 11) is 1.17. The highest BCUT2D eigenvalue weighted by Gasteiger charge is 2.37. The van der Waals surface area contributed by atoms with E-state index in [1.54, 1.807) is 6.92 Å². The molecule has 0 spiro atoms. The van der Waals surface area contributed by atoms with Crippen molar-refractivity contribution in [2.24, 2.45) is 4.99 Å². The molecule has 0 aliphatic carbocycles. The van der Waals surface area contributed by atoms with E-state index in [0.29, 0.717) is 16.8 Å². The molecule has 0 saturated heterocycles. The van der Waals surface area contributed by atoms with Crippen LogP contribution < -0.4 is 5.32 Å². The quantitative estimate of drug-likeness (QED) is 0.252. The first kappa shape index (κ1) is 29.6. The standard InChI is InChI=1S/C29H24F7N3O2/c1-17-24(26(40)41-2)25(19-9-13-22(30)14-10-19)38-27(37-15-20-5-3-4-6-23(20)29(34,35)36)39(17)16-18-7-11-21(12-8-18)28(31,32)33/h3-14,25H,15-16H2,1-2H3,(H,37,38). The minimum Gasteiger partial charge on any atom is -0.466 e. The second-order valence-corrected chi connectivity index (χ2v) is 9.20. The Morgan fingerprint density at radius 3 is 2.15 bits per heavy atom. The molecule has 0 fully saturated rings. The first-order valence-electron chi connectivity index (χ1n) is 12.2. The van der Waals surface area contributed by atoms with Crippen molar-refractivity contribution in [2.45, 2.75) is 38.4 Å². The highest BCUT2D eigenvalue weighted by molar-refractivity contribution is 5.96. The topological polar surface area (TPSA) is 53.9 Å². The zero-order chi connectivity index (χ0) is 29.9. The second-order valence-electron chi connectivity index (χ2n) is 9.20. The molecule has 0 aromatic heterocycles. The molecular weight excluding hydrogens is 555 g/mol. The SMILES string of the molecule is COC(=O)C1=C(C)N(Cc2ccc(C(F)(F)F)cc2)C(=NCc2ccccc2C(F)(F)F)NC1c1ccc(F)cc1. The van der Waals surface area contributed by atoms with Crippen LogP contribution in [-0.4, -0.2) is 23.9 Å². The summed E-state index contributed by atoms with van der Waals surface area (Å²) in [5, 5.41) is 3.05. The van der Waals surface area contributed by atoms with E-state index in [1.807, 2.05) is 0 Å². The van der Waals surface area contributed by atoms with E-state index in [4.69, 9.17) is 4.74 Å². The molecule has 12 heteroatoms. The van der Waals surface area contributed by atoms with E-state index in [-0.39, 0.29) is 23.6 Å². The minimum absolute atomic E-state index is 0.0568. The number of nitrogens with one attached hydrogen (secondary N) is 1. The normalized spacial score (nSPS) is 17.0. The van der Waals surface area contributed by atoms with Crippen LogP contribution in [0.5, 0.6) is 0 Å². The van der Waals surface area contributed by atoms with Gasteiger partial charge in [-0.25, -0.2) is 14.2 Å². The van der Waals surface area contributed by atoms with E-state index in [1.165, 1.54) is 66.6 Å². The van der Waals surface area contributed by atoms with E-state index >= 15 is 0 Å². The second kappa shape index (κ2) is 11.6. The number of hydrogen-bond acceptors (Lipinski definition) is 3. The van der Waals surface area contributed by atoms with Crippen molar-refractivity contribution >= 4 is 11.9 Å². The van der Waals surface area contributed by atoms with Gasteiger partial charge in [0.1, 0.15) is 5.82 Å². The Balaban J connectivity index is 1.81. The molecule has 1 atom stereocenters. The summed E-state index contributed by atoms with van der Waals surface area (Å²) in [6, 6.07) is 13.6. The number of nitrogens with zero attached hydrogens (tertiary/aromatic N) is 2. The summed E-state index contributed by atoms with van der Waals surface area (Å²) in [6.45, 7) is 1.08. The van der Waals surface area contributed by atoms with Crippen molar-refractivity contribution in [3.8, 4) is 0 Å². The number of halogens is 7. The third kappa shape index (κ3) is 6.69. The Bertz CT molecular complexity index is 1460. The Kier molecular flexibility index (Phi) is 8.41. The fourth-order valence-electron chi connectivity index (χ4n) is 4.47. The number of aliphatic imine (C=N–C) groups is 1. The number of guanidine groups is 1. The number of ether oxygens (including phenoxy) is 1. The van der Waals surface area contributed by atoms with E-state index in [2.05, 4.69) is 10.3 Å². The Morgan fingerprint density at radius 1 is 0.927 bits per heavy atom. The van der Waals surface area contributed by atoms with Crippen LogP contribution in [0.15, 0.2) is 89.1 Å². The summed E-state index contributed by atoms with van der Waals surface area (Å²) < 4.78 is 98.7. The number of benzene rings is 3. The summed E-state index contributed by atoms with van der Waals surface area (Å²) in [6.07, 6.45) is -9.17. The van der Waals surface area contributed by atoms with Crippen LogP contribution in [0.3, 0.4) is 0 Å². The number of methoxy groups -OCH3 is 1. The van der Waals surface area contributed by atoms with E-state index in [9.17, 15) is 35.5 Å². The Labute approximate surface area is 231 Å². The van der Waals surface area contributed by atoms with Gasteiger partial charge in [0.15, 0.2) is 5.96 Å². The molecule has 3 aromatic rings. The molecule has 0 saturated carbocycles. The van der Waals surface area contributed by atoms with Crippen LogP contribution in [0.1, 0.15) is 40.8 Å². The first-order chi connectivity index (χ1) is 19.3. The number of alkyl halides is 6. The molecule has 1 aliphatic rings. The molecule has 0 bridgehead atoms. The van der Waals surface area contributed by atoms with Gasteiger partial charge in [0.25, 0.3) is 0 Å². The van der Waals surface area contributed by atoms with Gasteiger partial charge in [-0.1, -0.05) is 42.5 Å². The molecule has 1 heterocycles. The zero-order valence-electron chi connectivity index (χ0n) is 21.8. The molecule has 1 aliphatic heterocycles. The minimum atomic E-state index is -4.62. The largest absolute Gasteiger partial charge is 0.466 e. The van der Waals surface area contributed by atoms with Crippen LogP contribution in [0.25, 0.3) is 0 Å². The highest BCUT2D eigenvalue weighted by atomic mass is 19.4. The monoisotopic (exact) mass is 579 g/mol. The number of esters is 1. The average molecular weight is 580 g/mol. The van der Waals surface area contributed by atoms with Crippen LogP contribution in [0.4, 0.5) is 30.7 Å². The van der Waals surface area contributed by atoms with Gasteiger partial charge in [0, 0.05) is 5.70 Å². The van der Waals surface area contributed by atoms with Crippen molar-refractivity contribution < 1.29 is 40.3 Å². The Hall–Kier alpha value is -4.35. The maximum atomic E-state index is 13.7. The fraction of sp³-hybridized carbons (Fsp3) is 0.241. The molecule has 41 heavy (non-hydrogen) atoms. The molecular formula is C29H24F7N3O2. The van der Waals surface area contributed by atoms with Gasteiger partial charge in [0.05, 0.1) is 42.9 Å². The number of rotatable bonds is 6. The molecule has 1 unspecified atom stereocenters.